The summed E-state index contributed by atoms with van der Waals surface area (Å²) in [7, 11) is -1.53. The molecule has 0 aromatic rings. The van der Waals surface area contributed by atoms with Crippen molar-refractivity contribution in [3.05, 3.63) is 12.7 Å². The molecule has 0 saturated heterocycles. The Bertz CT molecular complexity index is 110. The number of hydrogen-bond acceptors (Lipinski definition) is 2. The fourth-order valence-electron chi connectivity index (χ4n) is 0.328. The van der Waals surface area contributed by atoms with E-state index in [0.29, 0.717) is 6.61 Å². The Morgan fingerprint density at radius 2 is 2.44 bits per heavy atom. The SMILES string of the molecule is C=CCO[P+]([O-])=CCC. The smallest absolute Gasteiger partial charge is 0.217 e. The molecule has 0 radical (unpaired) electrons. The van der Waals surface area contributed by atoms with E-state index in [1.54, 1.807) is 11.9 Å². The minimum atomic E-state index is -1.53. The lowest BCUT2D eigenvalue weighted by Gasteiger charge is -1.91. The predicted octanol–water partition coefficient (Wildman–Crippen LogP) is 1.07. The van der Waals surface area contributed by atoms with Gasteiger partial charge in [-0.2, -0.15) is 4.52 Å². The molecule has 0 aliphatic heterocycles. The standard InChI is InChI=1S/C6H11O2P/c1-3-5-8-9(7)6-4-2/h3,6H,1,4-5H2,2H3. The summed E-state index contributed by atoms with van der Waals surface area (Å²) >= 11 is 0. The lowest BCUT2D eigenvalue weighted by molar-refractivity contribution is -0.171. The maximum atomic E-state index is 10.6. The molecule has 0 aliphatic carbocycles. The topological polar surface area (TPSA) is 32.3 Å². The van der Waals surface area contributed by atoms with Crippen LogP contribution in [0.15, 0.2) is 12.7 Å². The highest BCUT2D eigenvalue weighted by molar-refractivity contribution is 7.44. The average Bonchev–Trinajstić information content (AvgIpc) is 1.85. The summed E-state index contributed by atoms with van der Waals surface area (Å²) in [6.45, 7) is 5.71. The molecule has 52 valence electrons. The number of hydrogen-bond donors (Lipinski definition) is 0. The summed E-state index contributed by atoms with van der Waals surface area (Å²) in [5, 5.41) is 0. The Labute approximate surface area is 56.7 Å². The third-order valence-electron chi connectivity index (χ3n) is 0.651. The van der Waals surface area contributed by atoms with Crippen LogP contribution in [0.1, 0.15) is 13.3 Å². The molecule has 0 saturated carbocycles. The number of rotatable bonds is 4. The molecule has 1 unspecified atom stereocenters. The van der Waals surface area contributed by atoms with Gasteiger partial charge in [0.05, 0.1) is 0 Å². The van der Waals surface area contributed by atoms with Crippen LogP contribution < -0.4 is 4.89 Å². The second-order valence-electron chi connectivity index (χ2n) is 1.46. The normalized spacial score (nSPS) is 11.6. The molecular weight excluding hydrogens is 135 g/mol. The zero-order chi connectivity index (χ0) is 7.11. The van der Waals surface area contributed by atoms with Crippen molar-refractivity contribution in [2.45, 2.75) is 13.3 Å². The summed E-state index contributed by atoms with van der Waals surface area (Å²) in [6.07, 6.45) is 2.36. The molecule has 0 bridgehead atoms. The van der Waals surface area contributed by atoms with E-state index in [0.717, 1.165) is 6.42 Å². The fourth-order valence-corrected chi connectivity index (χ4v) is 0.984. The van der Waals surface area contributed by atoms with Gasteiger partial charge in [-0.3, -0.25) is 0 Å². The largest absolute Gasteiger partial charge is 0.603 e. The molecule has 2 nitrogen and oxygen atoms in total. The molecule has 0 spiro atoms. The summed E-state index contributed by atoms with van der Waals surface area (Å²) in [4.78, 5) is 10.6. The van der Waals surface area contributed by atoms with Crippen molar-refractivity contribution >= 4 is 13.8 Å². The summed E-state index contributed by atoms with van der Waals surface area (Å²) in [5.74, 6) is 1.64. The predicted molar refractivity (Wildman–Crippen MR) is 39.4 cm³/mol. The third-order valence-corrected chi connectivity index (χ3v) is 1.72. The first-order chi connectivity index (χ1) is 4.31. The van der Waals surface area contributed by atoms with Crippen LogP contribution in [0.2, 0.25) is 0 Å². The molecule has 0 aromatic carbocycles. The van der Waals surface area contributed by atoms with Crippen molar-refractivity contribution in [3.8, 4) is 0 Å². The van der Waals surface area contributed by atoms with E-state index in [1.807, 2.05) is 6.92 Å². The second-order valence-corrected chi connectivity index (χ2v) is 2.65. The highest BCUT2D eigenvalue weighted by Gasteiger charge is 1.90. The van der Waals surface area contributed by atoms with E-state index < -0.39 is 8.00 Å². The highest BCUT2D eigenvalue weighted by Crippen LogP contribution is 2.10. The van der Waals surface area contributed by atoms with Crippen molar-refractivity contribution in [1.29, 1.82) is 0 Å². The summed E-state index contributed by atoms with van der Waals surface area (Å²) in [5.41, 5.74) is 0. The van der Waals surface area contributed by atoms with Gasteiger partial charge in [-0.1, -0.05) is 13.0 Å². The van der Waals surface area contributed by atoms with Crippen LogP contribution in [0.4, 0.5) is 0 Å². The first-order valence-electron chi connectivity index (χ1n) is 2.84. The quantitative estimate of drug-likeness (QED) is 0.439. The maximum Gasteiger partial charge on any atom is 0.217 e. The van der Waals surface area contributed by atoms with Crippen LogP contribution in [-0.4, -0.2) is 12.4 Å². The molecule has 0 amide bonds. The minimum Gasteiger partial charge on any atom is -0.603 e. The van der Waals surface area contributed by atoms with E-state index in [4.69, 9.17) is 4.52 Å². The van der Waals surface area contributed by atoms with Gasteiger partial charge in [-0.15, -0.1) is 6.58 Å². The van der Waals surface area contributed by atoms with E-state index in [-0.39, 0.29) is 0 Å². The Hall–Kier alpha value is -0.170. The molecule has 0 rings (SSSR count). The van der Waals surface area contributed by atoms with Crippen molar-refractivity contribution in [1.82, 2.24) is 0 Å². The molecule has 0 heterocycles. The Kier molecular flexibility index (Phi) is 5.85. The first kappa shape index (κ1) is 8.83. The molecule has 0 N–H and O–H groups in total. The Balaban J connectivity index is 3.36. The lowest BCUT2D eigenvalue weighted by atomic mass is 10.6. The van der Waals surface area contributed by atoms with Gasteiger partial charge in [0.15, 0.2) is 0 Å². The van der Waals surface area contributed by atoms with Crippen LogP contribution in [0.3, 0.4) is 0 Å². The molecule has 0 fully saturated rings. The van der Waals surface area contributed by atoms with E-state index in [2.05, 4.69) is 6.58 Å². The monoisotopic (exact) mass is 146 g/mol. The minimum absolute atomic E-state index is 0.367. The van der Waals surface area contributed by atoms with Crippen LogP contribution in [0.25, 0.3) is 0 Å². The Morgan fingerprint density at radius 1 is 1.78 bits per heavy atom. The van der Waals surface area contributed by atoms with Crippen LogP contribution in [0, 0.1) is 0 Å². The van der Waals surface area contributed by atoms with Gasteiger partial charge < -0.3 is 4.89 Å². The van der Waals surface area contributed by atoms with Gasteiger partial charge in [-0.05, 0) is 0 Å². The molecule has 9 heavy (non-hydrogen) atoms. The van der Waals surface area contributed by atoms with E-state index in [1.165, 1.54) is 0 Å². The van der Waals surface area contributed by atoms with Crippen molar-refractivity contribution in [2.24, 2.45) is 0 Å². The maximum absolute atomic E-state index is 10.6. The molecule has 1 atom stereocenters. The van der Waals surface area contributed by atoms with Crippen LogP contribution in [0.5, 0.6) is 0 Å². The van der Waals surface area contributed by atoms with Crippen molar-refractivity contribution in [3.63, 3.8) is 0 Å². The third kappa shape index (κ3) is 5.71. The van der Waals surface area contributed by atoms with Gasteiger partial charge in [0, 0.05) is 6.42 Å². The average molecular weight is 146 g/mol. The second kappa shape index (κ2) is 5.96. The summed E-state index contributed by atoms with van der Waals surface area (Å²) < 4.78 is 4.77. The molecule has 3 heteroatoms. The van der Waals surface area contributed by atoms with Crippen molar-refractivity contribution in [2.75, 3.05) is 6.61 Å². The molecular formula is C6H11O2P. The van der Waals surface area contributed by atoms with E-state index in [9.17, 15) is 4.89 Å². The van der Waals surface area contributed by atoms with E-state index >= 15 is 0 Å². The zero-order valence-corrected chi connectivity index (χ0v) is 6.43. The first-order valence-corrected chi connectivity index (χ1v) is 4.09. The van der Waals surface area contributed by atoms with Gasteiger partial charge >= 0.3 is 0 Å². The summed E-state index contributed by atoms with van der Waals surface area (Å²) in [6, 6.07) is 0. The van der Waals surface area contributed by atoms with Gasteiger partial charge in [0.25, 0.3) is 0 Å². The van der Waals surface area contributed by atoms with Crippen molar-refractivity contribution < 1.29 is 9.42 Å². The molecule has 0 aliphatic rings. The van der Waals surface area contributed by atoms with Gasteiger partial charge in [-0.25, -0.2) is 0 Å². The van der Waals surface area contributed by atoms with Crippen LogP contribution in [-0.2, 0) is 4.52 Å². The fraction of sp³-hybridized carbons (Fsp3) is 0.500. The highest BCUT2D eigenvalue weighted by atomic mass is 31.1. The van der Waals surface area contributed by atoms with Gasteiger partial charge in [0.1, 0.15) is 12.4 Å². The lowest BCUT2D eigenvalue weighted by Crippen LogP contribution is -1.93. The zero-order valence-electron chi connectivity index (χ0n) is 5.54. The van der Waals surface area contributed by atoms with Gasteiger partial charge in [0.2, 0.25) is 8.00 Å². The Morgan fingerprint density at radius 3 is 2.89 bits per heavy atom. The van der Waals surface area contributed by atoms with Crippen LogP contribution >= 0.6 is 8.00 Å². The molecule has 0 aromatic heterocycles.